The van der Waals surface area contributed by atoms with Crippen LogP contribution in [0.4, 0.5) is 10.1 Å². The van der Waals surface area contributed by atoms with Crippen molar-refractivity contribution in [3.05, 3.63) is 29.6 Å². The van der Waals surface area contributed by atoms with Crippen LogP contribution in [0.15, 0.2) is 18.2 Å². The highest BCUT2D eigenvalue weighted by atomic mass is 19.1. The highest BCUT2D eigenvalue weighted by Crippen LogP contribution is 2.13. The van der Waals surface area contributed by atoms with E-state index >= 15 is 0 Å². The third-order valence-corrected chi connectivity index (χ3v) is 1.84. The second kappa shape index (κ2) is 4.60. The first-order valence-electron chi connectivity index (χ1n) is 4.31. The summed E-state index contributed by atoms with van der Waals surface area (Å²) in [7, 11) is 0. The van der Waals surface area contributed by atoms with Crippen molar-refractivity contribution in [3.8, 4) is 0 Å². The van der Waals surface area contributed by atoms with Gasteiger partial charge in [-0.15, -0.1) is 0 Å². The third-order valence-electron chi connectivity index (χ3n) is 1.84. The van der Waals surface area contributed by atoms with Crippen molar-refractivity contribution in [3.63, 3.8) is 0 Å². The van der Waals surface area contributed by atoms with Gasteiger partial charge in [0.25, 0.3) is 0 Å². The Hall–Kier alpha value is -1.58. The Kier molecular flexibility index (Phi) is 3.45. The lowest BCUT2D eigenvalue weighted by Crippen LogP contribution is -2.07. The molecule has 0 aliphatic carbocycles. The molecule has 2 N–H and O–H groups in total. The maximum absolute atomic E-state index is 13.0. The van der Waals surface area contributed by atoms with Crippen molar-refractivity contribution in [2.75, 3.05) is 11.9 Å². The van der Waals surface area contributed by atoms with E-state index in [2.05, 4.69) is 5.32 Å². The first kappa shape index (κ1) is 10.5. The van der Waals surface area contributed by atoms with Crippen LogP contribution in [0.25, 0.3) is 0 Å². The summed E-state index contributed by atoms with van der Waals surface area (Å²) in [6.07, 6.45) is 0.0233. The van der Waals surface area contributed by atoms with Crippen molar-refractivity contribution in [2.24, 2.45) is 0 Å². The molecule has 0 fully saturated rings. The molecule has 0 aliphatic heterocycles. The predicted molar refractivity (Wildman–Crippen MR) is 51.9 cm³/mol. The van der Waals surface area contributed by atoms with Crippen molar-refractivity contribution >= 4 is 11.7 Å². The van der Waals surface area contributed by atoms with Crippen LogP contribution in [0, 0.1) is 12.7 Å². The van der Waals surface area contributed by atoms with Crippen LogP contribution in [0.3, 0.4) is 0 Å². The van der Waals surface area contributed by atoms with Crippen LogP contribution in [-0.2, 0) is 4.79 Å². The number of halogens is 1. The van der Waals surface area contributed by atoms with Crippen LogP contribution in [-0.4, -0.2) is 17.6 Å². The lowest BCUT2D eigenvalue weighted by molar-refractivity contribution is -0.136. The lowest BCUT2D eigenvalue weighted by Gasteiger charge is -2.05. The van der Waals surface area contributed by atoms with E-state index in [9.17, 15) is 9.18 Å². The maximum Gasteiger partial charge on any atom is 0.305 e. The van der Waals surface area contributed by atoms with E-state index < -0.39 is 5.97 Å². The zero-order chi connectivity index (χ0) is 10.6. The summed E-state index contributed by atoms with van der Waals surface area (Å²) in [6, 6.07) is 4.73. The van der Waals surface area contributed by atoms with E-state index in [4.69, 9.17) is 5.11 Å². The van der Waals surface area contributed by atoms with Gasteiger partial charge in [-0.25, -0.2) is 4.39 Å². The summed E-state index contributed by atoms with van der Waals surface area (Å²) in [5.74, 6) is -1.16. The van der Waals surface area contributed by atoms with Crippen molar-refractivity contribution < 1.29 is 14.3 Å². The molecule has 0 radical (unpaired) electrons. The fraction of sp³-hybridized carbons (Fsp3) is 0.300. The number of benzene rings is 1. The lowest BCUT2D eigenvalue weighted by atomic mass is 10.2. The molecule has 0 bridgehead atoms. The molecule has 0 atom stereocenters. The summed E-state index contributed by atoms with van der Waals surface area (Å²) in [5.41, 5.74) is 1.18. The van der Waals surface area contributed by atoms with E-state index in [0.717, 1.165) is 0 Å². The van der Waals surface area contributed by atoms with Gasteiger partial charge in [-0.2, -0.15) is 0 Å². The van der Waals surface area contributed by atoms with Gasteiger partial charge in [0, 0.05) is 12.2 Å². The van der Waals surface area contributed by atoms with E-state index in [0.29, 0.717) is 17.8 Å². The van der Waals surface area contributed by atoms with E-state index in [1.165, 1.54) is 6.07 Å². The molecule has 1 rings (SSSR count). The van der Waals surface area contributed by atoms with Gasteiger partial charge < -0.3 is 10.4 Å². The molecule has 76 valence electrons. The number of carbonyl (C=O) groups is 1. The minimum absolute atomic E-state index is 0.0233. The van der Waals surface area contributed by atoms with Crippen LogP contribution < -0.4 is 5.32 Å². The molecular weight excluding hydrogens is 185 g/mol. The van der Waals surface area contributed by atoms with Crippen molar-refractivity contribution in [1.29, 1.82) is 0 Å². The molecule has 14 heavy (non-hydrogen) atoms. The normalized spacial score (nSPS) is 9.86. The predicted octanol–water partition coefficient (Wildman–Crippen LogP) is 2.02. The van der Waals surface area contributed by atoms with E-state index in [-0.39, 0.29) is 12.2 Å². The van der Waals surface area contributed by atoms with Crippen molar-refractivity contribution in [2.45, 2.75) is 13.3 Å². The summed E-state index contributed by atoms with van der Waals surface area (Å²) in [5, 5.41) is 11.2. The molecule has 0 heterocycles. The van der Waals surface area contributed by atoms with Crippen LogP contribution in [0.2, 0.25) is 0 Å². The van der Waals surface area contributed by atoms with Crippen LogP contribution in [0.5, 0.6) is 0 Å². The zero-order valence-electron chi connectivity index (χ0n) is 7.88. The largest absolute Gasteiger partial charge is 0.481 e. The topological polar surface area (TPSA) is 49.3 Å². The summed E-state index contributed by atoms with van der Waals surface area (Å²) in [6.45, 7) is 1.98. The molecule has 0 amide bonds. The average Bonchev–Trinajstić information content (AvgIpc) is 2.10. The molecule has 3 nitrogen and oxygen atoms in total. The van der Waals surface area contributed by atoms with Gasteiger partial charge in [-0.3, -0.25) is 4.79 Å². The number of hydrogen-bond acceptors (Lipinski definition) is 2. The number of hydrogen-bond donors (Lipinski definition) is 2. The van der Waals surface area contributed by atoms with Gasteiger partial charge >= 0.3 is 5.97 Å². The Morgan fingerprint density at radius 2 is 2.29 bits per heavy atom. The smallest absolute Gasteiger partial charge is 0.305 e. The highest BCUT2D eigenvalue weighted by Gasteiger charge is 2.00. The molecule has 0 aliphatic rings. The molecular formula is C10H12FNO2. The number of carboxylic acid groups (broad SMARTS) is 1. The molecule has 0 unspecified atom stereocenters. The number of rotatable bonds is 4. The monoisotopic (exact) mass is 197 g/mol. The van der Waals surface area contributed by atoms with E-state index in [1.54, 1.807) is 19.1 Å². The first-order valence-corrected chi connectivity index (χ1v) is 4.31. The fourth-order valence-corrected chi connectivity index (χ4v) is 1.02. The van der Waals surface area contributed by atoms with Gasteiger partial charge in [0.05, 0.1) is 6.42 Å². The third kappa shape index (κ3) is 3.05. The zero-order valence-corrected chi connectivity index (χ0v) is 7.88. The Morgan fingerprint density at radius 1 is 1.57 bits per heavy atom. The summed E-state index contributed by atoms with van der Waals surface area (Å²) < 4.78 is 13.0. The Labute approximate surface area is 81.6 Å². The van der Waals surface area contributed by atoms with Gasteiger partial charge in [0.1, 0.15) is 5.82 Å². The first-order chi connectivity index (χ1) is 6.59. The number of nitrogens with one attached hydrogen (secondary N) is 1. The van der Waals surface area contributed by atoms with Gasteiger partial charge in [0.15, 0.2) is 0 Å². The van der Waals surface area contributed by atoms with Gasteiger partial charge in [-0.1, -0.05) is 6.07 Å². The Morgan fingerprint density at radius 3 is 2.86 bits per heavy atom. The number of aliphatic carboxylic acids is 1. The Balaban J connectivity index is 2.51. The molecule has 0 aromatic heterocycles. The molecule has 0 spiro atoms. The maximum atomic E-state index is 13.0. The molecule has 0 saturated carbocycles. The van der Waals surface area contributed by atoms with Crippen LogP contribution in [0.1, 0.15) is 12.0 Å². The SMILES string of the molecule is Cc1ccc(NCCC(=O)O)cc1F. The van der Waals surface area contributed by atoms with Gasteiger partial charge in [-0.05, 0) is 24.6 Å². The molecule has 0 saturated heterocycles. The molecule has 1 aromatic carbocycles. The number of carboxylic acids is 1. The average molecular weight is 197 g/mol. The summed E-state index contributed by atoms with van der Waals surface area (Å²) in [4.78, 5) is 10.2. The minimum atomic E-state index is -0.870. The highest BCUT2D eigenvalue weighted by molar-refractivity contribution is 5.67. The minimum Gasteiger partial charge on any atom is -0.481 e. The molecule has 4 heteroatoms. The standard InChI is InChI=1S/C10H12FNO2/c1-7-2-3-8(6-9(7)11)12-5-4-10(13)14/h2-3,6,12H,4-5H2,1H3,(H,13,14). The second-order valence-corrected chi connectivity index (χ2v) is 3.03. The quantitative estimate of drug-likeness (QED) is 0.776. The number of aryl methyl sites for hydroxylation is 1. The summed E-state index contributed by atoms with van der Waals surface area (Å²) >= 11 is 0. The van der Waals surface area contributed by atoms with E-state index in [1.807, 2.05) is 0 Å². The van der Waals surface area contributed by atoms with Gasteiger partial charge in [0.2, 0.25) is 0 Å². The van der Waals surface area contributed by atoms with Crippen molar-refractivity contribution in [1.82, 2.24) is 0 Å². The fourth-order valence-electron chi connectivity index (χ4n) is 1.02. The Bertz CT molecular complexity index is 339. The van der Waals surface area contributed by atoms with Crippen LogP contribution >= 0.6 is 0 Å². The number of anilines is 1. The molecule has 1 aromatic rings. The second-order valence-electron chi connectivity index (χ2n) is 3.03.